The maximum Gasteiger partial charge on any atom is 0.185 e. The molecule has 0 aliphatic carbocycles. The highest BCUT2D eigenvalue weighted by molar-refractivity contribution is 6.32. The average molecular weight is 360 g/mol. The molecule has 0 saturated carbocycles. The molecule has 130 valence electrons. The van der Waals surface area contributed by atoms with Crippen molar-refractivity contribution in [1.82, 2.24) is 0 Å². The summed E-state index contributed by atoms with van der Waals surface area (Å²) in [6.45, 7) is 3.12. The van der Waals surface area contributed by atoms with Crippen molar-refractivity contribution in [2.45, 2.75) is 0 Å². The molecule has 2 aromatic rings. The Bertz CT molecular complexity index is 773. The number of hydrogen-bond donors (Lipinski definition) is 2. The van der Waals surface area contributed by atoms with E-state index in [2.05, 4.69) is 4.90 Å². The van der Waals surface area contributed by atoms with E-state index in [-0.39, 0.29) is 22.3 Å². The molecule has 0 bridgehead atoms. The van der Waals surface area contributed by atoms with Gasteiger partial charge in [-0.25, -0.2) is 0 Å². The van der Waals surface area contributed by atoms with Gasteiger partial charge in [0.05, 0.1) is 18.2 Å². The molecule has 0 aromatic heterocycles. The summed E-state index contributed by atoms with van der Waals surface area (Å²) in [5.74, 6) is -0.851. The van der Waals surface area contributed by atoms with Crippen LogP contribution in [0.4, 0.5) is 5.69 Å². The van der Waals surface area contributed by atoms with Crippen LogP contribution in [0.15, 0.2) is 42.5 Å². The lowest BCUT2D eigenvalue weighted by atomic mass is 10.1. The van der Waals surface area contributed by atoms with E-state index < -0.39 is 0 Å². The largest absolute Gasteiger partial charge is 0.504 e. The number of hydrogen-bond acceptors (Lipinski definition) is 5. The number of ketones is 1. The Labute approximate surface area is 150 Å². The highest BCUT2D eigenvalue weighted by Gasteiger charge is 2.12. The van der Waals surface area contributed by atoms with Crippen molar-refractivity contribution in [3.63, 3.8) is 0 Å². The topological polar surface area (TPSA) is 70.0 Å². The summed E-state index contributed by atoms with van der Waals surface area (Å²) in [6, 6.07) is 10.2. The predicted molar refractivity (Wildman–Crippen MR) is 97.6 cm³/mol. The van der Waals surface area contributed by atoms with Crippen molar-refractivity contribution < 1.29 is 19.7 Å². The van der Waals surface area contributed by atoms with Gasteiger partial charge in [-0.15, -0.1) is 0 Å². The van der Waals surface area contributed by atoms with E-state index in [0.717, 1.165) is 18.8 Å². The molecule has 1 saturated heterocycles. The summed E-state index contributed by atoms with van der Waals surface area (Å²) in [7, 11) is 0. The smallest absolute Gasteiger partial charge is 0.185 e. The molecule has 2 aromatic carbocycles. The molecule has 0 radical (unpaired) electrons. The van der Waals surface area contributed by atoms with Crippen LogP contribution in [-0.2, 0) is 4.74 Å². The molecule has 2 N–H and O–H groups in total. The fourth-order valence-corrected chi connectivity index (χ4v) is 2.85. The average Bonchev–Trinajstić information content (AvgIpc) is 2.65. The quantitative estimate of drug-likeness (QED) is 0.497. The van der Waals surface area contributed by atoms with Gasteiger partial charge >= 0.3 is 0 Å². The number of phenolic OH excluding ortho intramolecular Hbond substituents is 2. The molecule has 3 rings (SSSR count). The third kappa shape index (κ3) is 4.13. The molecule has 25 heavy (non-hydrogen) atoms. The molecule has 1 fully saturated rings. The Morgan fingerprint density at radius 3 is 2.44 bits per heavy atom. The molecular formula is C19H18ClNO4. The van der Waals surface area contributed by atoms with E-state index in [4.69, 9.17) is 16.3 Å². The molecule has 1 aliphatic heterocycles. The second-order valence-electron chi connectivity index (χ2n) is 5.71. The van der Waals surface area contributed by atoms with Crippen LogP contribution in [-0.4, -0.2) is 42.3 Å². The van der Waals surface area contributed by atoms with Crippen LogP contribution in [0.25, 0.3) is 6.08 Å². The van der Waals surface area contributed by atoms with Gasteiger partial charge in [-0.2, -0.15) is 0 Å². The molecule has 0 atom stereocenters. The van der Waals surface area contributed by atoms with Crippen LogP contribution in [0.1, 0.15) is 15.9 Å². The number of rotatable bonds is 4. The number of halogens is 1. The molecule has 0 spiro atoms. The SMILES string of the molecule is O=C(C=Cc1cc(O)c(O)c(Cl)c1)c1ccc(N2CCOCC2)cc1. The number of phenols is 2. The molecule has 5 nitrogen and oxygen atoms in total. The number of ether oxygens (including phenoxy) is 1. The summed E-state index contributed by atoms with van der Waals surface area (Å²) in [5.41, 5.74) is 2.17. The van der Waals surface area contributed by atoms with E-state index in [9.17, 15) is 15.0 Å². The molecule has 6 heteroatoms. The normalized spacial score (nSPS) is 14.8. The van der Waals surface area contributed by atoms with Crippen molar-refractivity contribution in [2.24, 2.45) is 0 Å². The summed E-state index contributed by atoms with van der Waals surface area (Å²) in [4.78, 5) is 14.5. The molecule has 0 amide bonds. The number of benzene rings is 2. The van der Waals surface area contributed by atoms with Gasteiger partial charge in [0.2, 0.25) is 0 Å². The first-order chi connectivity index (χ1) is 12.0. The summed E-state index contributed by atoms with van der Waals surface area (Å²) in [5, 5.41) is 19.0. The lowest BCUT2D eigenvalue weighted by Gasteiger charge is -2.28. The standard InChI is InChI=1S/C19H18ClNO4/c20-16-11-13(12-18(23)19(16)24)1-6-17(22)14-2-4-15(5-3-14)21-7-9-25-10-8-21/h1-6,11-12,23-24H,7-10H2. The van der Waals surface area contributed by atoms with Crippen molar-refractivity contribution in [3.05, 3.63) is 58.6 Å². The van der Waals surface area contributed by atoms with Gasteiger partial charge in [-0.05, 0) is 48.0 Å². The highest BCUT2D eigenvalue weighted by Crippen LogP contribution is 2.34. The van der Waals surface area contributed by atoms with Crippen LogP contribution < -0.4 is 4.90 Å². The third-order valence-corrected chi connectivity index (χ3v) is 4.31. The van der Waals surface area contributed by atoms with Crippen LogP contribution in [0.5, 0.6) is 11.5 Å². The number of anilines is 1. The van der Waals surface area contributed by atoms with Gasteiger partial charge < -0.3 is 19.8 Å². The van der Waals surface area contributed by atoms with E-state index in [1.807, 2.05) is 12.1 Å². The van der Waals surface area contributed by atoms with Crippen molar-refractivity contribution in [3.8, 4) is 11.5 Å². The lowest BCUT2D eigenvalue weighted by Crippen LogP contribution is -2.36. The molecule has 0 unspecified atom stereocenters. The predicted octanol–water partition coefficient (Wildman–Crippen LogP) is 3.48. The lowest BCUT2D eigenvalue weighted by molar-refractivity contribution is 0.104. The van der Waals surface area contributed by atoms with Crippen LogP contribution in [0.3, 0.4) is 0 Å². The third-order valence-electron chi connectivity index (χ3n) is 4.02. The zero-order valence-corrected chi connectivity index (χ0v) is 14.2. The molecular weight excluding hydrogens is 342 g/mol. The van der Waals surface area contributed by atoms with Gasteiger partial charge in [0.1, 0.15) is 0 Å². The maximum absolute atomic E-state index is 12.3. The summed E-state index contributed by atoms with van der Waals surface area (Å²) < 4.78 is 5.33. The van der Waals surface area contributed by atoms with Crippen molar-refractivity contribution >= 4 is 29.1 Å². The number of nitrogens with zero attached hydrogens (tertiary/aromatic N) is 1. The summed E-state index contributed by atoms with van der Waals surface area (Å²) in [6.07, 6.45) is 2.95. The first kappa shape index (κ1) is 17.3. The number of aromatic hydroxyl groups is 2. The maximum atomic E-state index is 12.3. The van der Waals surface area contributed by atoms with E-state index in [1.165, 1.54) is 18.2 Å². The van der Waals surface area contributed by atoms with Crippen molar-refractivity contribution in [2.75, 3.05) is 31.2 Å². The molecule has 1 aliphatic rings. The Kier molecular flexibility index (Phi) is 5.26. The Morgan fingerprint density at radius 2 is 1.80 bits per heavy atom. The Hall–Kier alpha value is -2.50. The van der Waals surface area contributed by atoms with Crippen LogP contribution in [0, 0.1) is 0 Å². The minimum absolute atomic E-state index is 0.0296. The van der Waals surface area contributed by atoms with E-state index in [0.29, 0.717) is 24.3 Å². The second kappa shape index (κ2) is 7.59. The highest BCUT2D eigenvalue weighted by atomic mass is 35.5. The fourth-order valence-electron chi connectivity index (χ4n) is 2.63. The van der Waals surface area contributed by atoms with E-state index in [1.54, 1.807) is 18.2 Å². The molecule has 1 heterocycles. The van der Waals surface area contributed by atoms with Gasteiger partial charge in [0.15, 0.2) is 17.3 Å². The number of carbonyl (C=O) groups is 1. The minimum atomic E-state index is -0.371. The van der Waals surface area contributed by atoms with Crippen LogP contribution in [0.2, 0.25) is 5.02 Å². The monoisotopic (exact) mass is 359 g/mol. The van der Waals surface area contributed by atoms with Gasteiger partial charge in [0, 0.05) is 24.3 Å². The summed E-state index contributed by atoms with van der Waals surface area (Å²) >= 11 is 5.80. The number of carbonyl (C=O) groups excluding carboxylic acids is 1. The zero-order chi connectivity index (χ0) is 17.8. The zero-order valence-electron chi connectivity index (χ0n) is 13.5. The van der Waals surface area contributed by atoms with Gasteiger partial charge in [-0.1, -0.05) is 17.7 Å². The number of morpholine rings is 1. The first-order valence-electron chi connectivity index (χ1n) is 7.91. The van der Waals surface area contributed by atoms with Crippen molar-refractivity contribution in [1.29, 1.82) is 0 Å². The number of allylic oxidation sites excluding steroid dienone is 1. The van der Waals surface area contributed by atoms with Gasteiger partial charge in [0.25, 0.3) is 0 Å². The van der Waals surface area contributed by atoms with E-state index >= 15 is 0 Å². The second-order valence-corrected chi connectivity index (χ2v) is 6.12. The Morgan fingerprint density at radius 1 is 1.12 bits per heavy atom. The van der Waals surface area contributed by atoms with Crippen LogP contribution >= 0.6 is 11.6 Å². The fraction of sp³-hybridized carbons (Fsp3) is 0.211. The minimum Gasteiger partial charge on any atom is -0.504 e. The van der Waals surface area contributed by atoms with Gasteiger partial charge in [-0.3, -0.25) is 4.79 Å². The Balaban J connectivity index is 1.70. The first-order valence-corrected chi connectivity index (χ1v) is 8.29.